The average molecular weight is 370 g/mol. The topological polar surface area (TPSA) is 43.1 Å². The normalized spacial score (nSPS) is 12.5. The number of nitro benzene ring substituents is 1. The number of rotatable bonds is 3. The Hall–Kier alpha value is -0.170. The molecule has 14 heavy (non-hydrogen) atoms. The molecule has 0 spiro atoms. The highest BCUT2D eigenvalue weighted by molar-refractivity contribution is 14.1. The first kappa shape index (κ1) is 11.9. The largest absolute Gasteiger partial charge is 0.273 e. The summed E-state index contributed by atoms with van der Waals surface area (Å²) >= 11 is 5.46. The van der Waals surface area contributed by atoms with Gasteiger partial charge >= 0.3 is 0 Å². The molecule has 1 atom stereocenters. The van der Waals surface area contributed by atoms with Gasteiger partial charge in [-0.1, -0.05) is 28.9 Å². The Morgan fingerprint density at radius 3 is 2.79 bits per heavy atom. The van der Waals surface area contributed by atoms with Crippen LogP contribution >= 0.6 is 38.5 Å². The molecule has 0 bridgehead atoms. The van der Waals surface area contributed by atoms with Crippen molar-refractivity contribution in [2.24, 2.45) is 0 Å². The van der Waals surface area contributed by atoms with E-state index in [9.17, 15) is 10.1 Å². The standard InChI is InChI=1S/C9H9BrINO2/c1-6(10)4-7-2-3-8(11)5-9(7)12(13)14/h2-3,5-6H,4H2,1H3. The fraction of sp³-hybridized carbons (Fsp3) is 0.333. The average Bonchev–Trinajstić information content (AvgIpc) is 2.07. The fourth-order valence-corrected chi connectivity index (χ4v) is 2.01. The third-order valence-corrected chi connectivity index (χ3v) is 2.74. The van der Waals surface area contributed by atoms with Gasteiger partial charge in [-0.05, 0) is 35.1 Å². The van der Waals surface area contributed by atoms with Gasteiger partial charge in [0.05, 0.1) is 4.92 Å². The minimum absolute atomic E-state index is 0.211. The maximum Gasteiger partial charge on any atom is 0.273 e. The Morgan fingerprint density at radius 1 is 1.64 bits per heavy atom. The number of hydrogen-bond donors (Lipinski definition) is 0. The van der Waals surface area contributed by atoms with Crippen molar-refractivity contribution >= 4 is 44.2 Å². The second kappa shape index (κ2) is 5.06. The van der Waals surface area contributed by atoms with E-state index in [-0.39, 0.29) is 15.4 Å². The van der Waals surface area contributed by atoms with Crippen LogP contribution in [0.5, 0.6) is 0 Å². The summed E-state index contributed by atoms with van der Waals surface area (Å²) in [4.78, 5) is 10.7. The Morgan fingerprint density at radius 2 is 2.29 bits per heavy atom. The molecule has 0 aliphatic heterocycles. The van der Waals surface area contributed by atoms with E-state index in [1.165, 1.54) is 0 Å². The lowest BCUT2D eigenvalue weighted by molar-refractivity contribution is -0.385. The van der Waals surface area contributed by atoms with Gasteiger partial charge in [0.25, 0.3) is 5.69 Å². The van der Waals surface area contributed by atoms with Crippen molar-refractivity contribution < 1.29 is 4.92 Å². The number of benzene rings is 1. The van der Waals surface area contributed by atoms with Crippen molar-refractivity contribution in [2.45, 2.75) is 18.2 Å². The van der Waals surface area contributed by atoms with Crippen LogP contribution in [0.3, 0.4) is 0 Å². The van der Waals surface area contributed by atoms with E-state index in [1.807, 2.05) is 19.1 Å². The first-order valence-corrected chi connectivity index (χ1v) is 6.07. The van der Waals surface area contributed by atoms with Gasteiger partial charge in [0.15, 0.2) is 0 Å². The highest BCUT2D eigenvalue weighted by Crippen LogP contribution is 2.23. The van der Waals surface area contributed by atoms with Crippen LogP contribution in [0.15, 0.2) is 18.2 Å². The molecule has 76 valence electrons. The van der Waals surface area contributed by atoms with E-state index < -0.39 is 0 Å². The molecule has 1 rings (SSSR count). The molecule has 1 aromatic rings. The second-order valence-electron chi connectivity index (χ2n) is 3.02. The summed E-state index contributed by atoms with van der Waals surface area (Å²) in [5.74, 6) is 0. The summed E-state index contributed by atoms with van der Waals surface area (Å²) in [6.45, 7) is 1.97. The summed E-state index contributed by atoms with van der Waals surface area (Å²) in [6.07, 6.45) is 0.674. The Kier molecular flexibility index (Phi) is 4.31. The van der Waals surface area contributed by atoms with Gasteiger partial charge in [-0.25, -0.2) is 0 Å². The van der Waals surface area contributed by atoms with Crippen LogP contribution in [0, 0.1) is 13.7 Å². The smallest absolute Gasteiger partial charge is 0.258 e. The predicted molar refractivity (Wildman–Crippen MR) is 67.9 cm³/mol. The molecule has 0 saturated carbocycles. The SMILES string of the molecule is CC(Br)Cc1ccc(I)cc1[N+](=O)[O-]. The minimum Gasteiger partial charge on any atom is -0.258 e. The van der Waals surface area contributed by atoms with E-state index in [0.29, 0.717) is 6.42 Å². The molecule has 1 aromatic carbocycles. The second-order valence-corrected chi connectivity index (χ2v) is 5.82. The lowest BCUT2D eigenvalue weighted by Crippen LogP contribution is -2.01. The molecule has 0 aliphatic rings. The molecule has 0 aliphatic carbocycles. The van der Waals surface area contributed by atoms with E-state index in [2.05, 4.69) is 38.5 Å². The zero-order chi connectivity index (χ0) is 10.7. The van der Waals surface area contributed by atoms with Gasteiger partial charge in [-0.15, -0.1) is 0 Å². The van der Waals surface area contributed by atoms with Crippen LogP contribution in [0.25, 0.3) is 0 Å². The number of halogens is 2. The van der Waals surface area contributed by atoms with Crippen LogP contribution in [-0.2, 0) is 6.42 Å². The van der Waals surface area contributed by atoms with Crippen LogP contribution < -0.4 is 0 Å². The maximum absolute atomic E-state index is 10.7. The van der Waals surface area contributed by atoms with Gasteiger partial charge in [0.1, 0.15) is 0 Å². The van der Waals surface area contributed by atoms with Gasteiger partial charge in [0.2, 0.25) is 0 Å². The zero-order valence-corrected chi connectivity index (χ0v) is 11.3. The first-order chi connectivity index (χ1) is 6.50. The lowest BCUT2D eigenvalue weighted by atomic mass is 10.1. The summed E-state index contributed by atoms with van der Waals surface area (Å²) in [5.41, 5.74) is 0.989. The molecule has 0 amide bonds. The van der Waals surface area contributed by atoms with Crippen LogP contribution in [-0.4, -0.2) is 9.75 Å². The fourth-order valence-electron chi connectivity index (χ4n) is 1.18. The third kappa shape index (κ3) is 3.20. The summed E-state index contributed by atoms with van der Waals surface area (Å²) in [5, 5.41) is 10.7. The summed E-state index contributed by atoms with van der Waals surface area (Å²) < 4.78 is 0.889. The van der Waals surface area contributed by atoms with Crippen molar-refractivity contribution in [1.29, 1.82) is 0 Å². The van der Waals surface area contributed by atoms with Gasteiger partial charge in [0, 0.05) is 20.0 Å². The summed E-state index contributed by atoms with van der Waals surface area (Å²) in [6, 6.07) is 5.31. The maximum atomic E-state index is 10.7. The predicted octanol–water partition coefficient (Wildman–Crippen LogP) is 3.53. The molecule has 0 N–H and O–H groups in total. The highest BCUT2D eigenvalue weighted by Gasteiger charge is 2.14. The van der Waals surface area contributed by atoms with Crippen molar-refractivity contribution in [1.82, 2.24) is 0 Å². The van der Waals surface area contributed by atoms with Crippen LogP contribution in [0.1, 0.15) is 12.5 Å². The number of alkyl halides is 1. The molecule has 0 fully saturated rings. The third-order valence-electron chi connectivity index (χ3n) is 1.75. The first-order valence-electron chi connectivity index (χ1n) is 4.07. The van der Waals surface area contributed by atoms with Gasteiger partial charge < -0.3 is 0 Å². The van der Waals surface area contributed by atoms with E-state index >= 15 is 0 Å². The van der Waals surface area contributed by atoms with Crippen molar-refractivity contribution in [3.8, 4) is 0 Å². The van der Waals surface area contributed by atoms with Crippen molar-refractivity contribution in [3.05, 3.63) is 37.4 Å². The van der Waals surface area contributed by atoms with Gasteiger partial charge in [-0.3, -0.25) is 10.1 Å². The Balaban J connectivity index is 3.08. The highest BCUT2D eigenvalue weighted by atomic mass is 127. The van der Waals surface area contributed by atoms with E-state index in [1.54, 1.807) is 6.07 Å². The molecule has 3 nitrogen and oxygen atoms in total. The van der Waals surface area contributed by atoms with E-state index in [0.717, 1.165) is 9.13 Å². The Labute approximate surface area is 104 Å². The monoisotopic (exact) mass is 369 g/mol. The summed E-state index contributed by atoms with van der Waals surface area (Å²) in [7, 11) is 0. The Bertz CT molecular complexity index is 355. The zero-order valence-electron chi connectivity index (χ0n) is 7.54. The molecule has 0 aromatic heterocycles. The molecule has 5 heteroatoms. The molecule has 0 saturated heterocycles. The molecule has 0 radical (unpaired) electrons. The van der Waals surface area contributed by atoms with Crippen LogP contribution in [0.4, 0.5) is 5.69 Å². The molecular weight excluding hydrogens is 361 g/mol. The molecule has 0 heterocycles. The number of hydrogen-bond acceptors (Lipinski definition) is 2. The minimum atomic E-state index is -0.327. The van der Waals surface area contributed by atoms with E-state index in [4.69, 9.17) is 0 Å². The van der Waals surface area contributed by atoms with Crippen molar-refractivity contribution in [2.75, 3.05) is 0 Å². The van der Waals surface area contributed by atoms with Crippen molar-refractivity contribution in [3.63, 3.8) is 0 Å². The van der Waals surface area contributed by atoms with Crippen LogP contribution in [0.2, 0.25) is 0 Å². The quantitative estimate of drug-likeness (QED) is 0.354. The lowest BCUT2D eigenvalue weighted by Gasteiger charge is -2.04. The molecular formula is C9H9BrINO2. The number of nitro groups is 1. The number of nitrogens with zero attached hydrogens (tertiary/aromatic N) is 1. The van der Waals surface area contributed by atoms with Gasteiger partial charge in [-0.2, -0.15) is 0 Å². The molecule has 1 unspecified atom stereocenters.